The van der Waals surface area contributed by atoms with E-state index in [1.807, 2.05) is 23.8 Å². The van der Waals surface area contributed by atoms with E-state index in [0.29, 0.717) is 0 Å². The second-order valence-corrected chi connectivity index (χ2v) is 6.64. The third-order valence-corrected chi connectivity index (χ3v) is 4.77. The van der Waals surface area contributed by atoms with E-state index >= 15 is 0 Å². The van der Waals surface area contributed by atoms with Gasteiger partial charge in [0.15, 0.2) is 11.5 Å². The van der Waals surface area contributed by atoms with Crippen molar-refractivity contribution in [3.63, 3.8) is 0 Å². The first-order valence-corrected chi connectivity index (χ1v) is 8.36. The first-order valence-electron chi connectivity index (χ1n) is 6.69. The summed E-state index contributed by atoms with van der Waals surface area (Å²) >= 11 is 5.23. The molecule has 0 aliphatic heterocycles. The molecule has 3 heterocycles. The second kappa shape index (κ2) is 6.03. The van der Waals surface area contributed by atoms with Crippen LogP contribution in [-0.2, 0) is 6.54 Å². The maximum Gasteiger partial charge on any atom is 0.180 e. The van der Waals surface area contributed by atoms with Crippen molar-refractivity contribution in [2.75, 3.05) is 23.8 Å². The van der Waals surface area contributed by atoms with Crippen LogP contribution in [0.4, 0.5) is 11.6 Å². The van der Waals surface area contributed by atoms with E-state index in [1.54, 1.807) is 17.5 Å². The molecule has 0 bridgehead atoms. The first-order chi connectivity index (χ1) is 10.2. The maximum absolute atomic E-state index is 4.69. The molecule has 0 atom stereocenters. The van der Waals surface area contributed by atoms with Gasteiger partial charge < -0.3 is 14.6 Å². The molecule has 21 heavy (non-hydrogen) atoms. The standard InChI is InChI=1S/C14H16BrN5S/c1-3-16-12-8-20-5-4-17-13(20)14(18-12)19(2)7-11-6-10(15)9-21-11/h4-6,8-9,16H,3,7H2,1-2H3. The topological polar surface area (TPSA) is 45.5 Å². The minimum absolute atomic E-state index is 0.807. The fourth-order valence-electron chi connectivity index (χ4n) is 2.18. The highest BCUT2D eigenvalue weighted by atomic mass is 79.9. The Kier molecular flexibility index (Phi) is 4.12. The van der Waals surface area contributed by atoms with E-state index in [9.17, 15) is 0 Å². The number of halogens is 1. The SMILES string of the molecule is CCNc1cn2ccnc2c(N(C)Cc2cc(Br)cs2)n1. The van der Waals surface area contributed by atoms with Crippen molar-refractivity contribution in [2.45, 2.75) is 13.5 Å². The van der Waals surface area contributed by atoms with Crippen molar-refractivity contribution in [3.8, 4) is 0 Å². The molecular weight excluding hydrogens is 350 g/mol. The summed E-state index contributed by atoms with van der Waals surface area (Å²) in [4.78, 5) is 12.5. The van der Waals surface area contributed by atoms with Crippen molar-refractivity contribution in [2.24, 2.45) is 0 Å². The average molecular weight is 366 g/mol. The van der Waals surface area contributed by atoms with Crippen LogP contribution in [0.2, 0.25) is 0 Å². The summed E-state index contributed by atoms with van der Waals surface area (Å²) in [5.41, 5.74) is 0.870. The monoisotopic (exact) mass is 365 g/mol. The first kappa shape index (κ1) is 14.3. The van der Waals surface area contributed by atoms with Crippen LogP contribution in [0.15, 0.2) is 34.5 Å². The molecule has 0 fully saturated rings. The molecule has 0 amide bonds. The number of rotatable bonds is 5. The summed E-state index contributed by atoms with van der Waals surface area (Å²) in [6, 6.07) is 2.14. The van der Waals surface area contributed by atoms with Gasteiger partial charge in [0.2, 0.25) is 0 Å². The Morgan fingerprint density at radius 3 is 3.05 bits per heavy atom. The Morgan fingerprint density at radius 2 is 2.33 bits per heavy atom. The number of nitrogens with zero attached hydrogens (tertiary/aromatic N) is 4. The summed E-state index contributed by atoms with van der Waals surface area (Å²) in [5, 5.41) is 5.36. The predicted octanol–water partition coefficient (Wildman–Crippen LogP) is 3.62. The molecule has 3 aromatic rings. The molecule has 0 aliphatic rings. The Labute approximate surface area is 135 Å². The van der Waals surface area contributed by atoms with Crippen LogP contribution in [0.3, 0.4) is 0 Å². The number of fused-ring (bicyclic) bond motifs is 1. The van der Waals surface area contributed by atoms with Gasteiger partial charge in [-0.2, -0.15) is 0 Å². The van der Waals surface area contributed by atoms with Gasteiger partial charge in [-0.3, -0.25) is 0 Å². The third-order valence-electron chi connectivity index (χ3n) is 3.09. The van der Waals surface area contributed by atoms with Gasteiger partial charge >= 0.3 is 0 Å². The van der Waals surface area contributed by atoms with Crippen molar-refractivity contribution < 1.29 is 0 Å². The molecule has 5 nitrogen and oxygen atoms in total. The number of nitrogens with one attached hydrogen (secondary N) is 1. The Hall–Kier alpha value is -1.60. The largest absolute Gasteiger partial charge is 0.369 e. The summed E-state index contributed by atoms with van der Waals surface area (Å²) in [6.07, 6.45) is 5.70. The second-order valence-electron chi connectivity index (χ2n) is 4.73. The van der Waals surface area contributed by atoms with E-state index < -0.39 is 0 Å². The number of hydrogen-bond donors (Lipinski definition) is 1. The van der Waals surface area contributed by atoms with Crippen LogP contribution in [0.25, 0.3) is 5.65 Å². The predicted molar refractivity (Wildman–Crippen MR) is 91.3 cm³/mol. The van der Waals surface area contributed by atoms with Gasteiger partial charge in [-0.1, -0.05) is 0 Å². The smallest absolute Gasteiger partial charge is 0.180 e. The number of thiophene rings is 1. The van der Waals surface area contributed by atoms with Gasteiger partial charge in [0.25, 0.3) is 0 Å². The van der Waals surface area contributed by atoms with Gasteiger partial charge in [-0.25, -0.2) is 9.97 Å². The highest BCUT2D eigenvalue weighted by molar-refractivity contribution is 9.10. The molecule has 0 unspecified atom stereocenters. The van der Waals surface area contributed by atoms with E-state index in [-0.39, 0.29) is 0 Å². The molecule has 0 saturated heterocycles. The van der Waals surface area contributed by atoms with E-state index in [0.717, 1.165) is 34.8 Å². The summed E-state index contributed by atoms with van der Waals surface area (Å²) in [7, 11) is 2.04. The van der Waals surface area contributed by atoms with Gasteiger partial charge in [0.1, 0.15) is 5.82 Å². The summed E-state index contributed by atoms with van der Waals surface area (Å²) in [5.74, 6) is 1.74. The lowest BCUT2D eigenvalue weighted by Gasteiger charge is -2.19. The molecule has 0 spiro atoms. The van der Waals surface area contributed by atoms with Crippen LogP contribution in [0.1, 0.15) is 11.8 Å². The van der Waals surface area contributed by atoms with Gasteiger partial charge in [0, 0.05) is 40.7 Å². The zero-order valence-corrected chi connectivity index (χ0v) is 14.3. The molecule has 7 heteroatoms. The normalized spacial score (nSPS) is 11.0. The number of aromatic nitrogens is 3. The minimum Gasteiger partial charge on any atom is -0.369 e. The highest BCUT2D eigenvalue weighted by Gasteiger charge is 2.13. The lowest BCUT2D eigenvalue weighted by Crippen LogP contribution is -2.19. The van der Waals surface area contributed by atoms with E-state index in [2.05, 4.69) is 49.5 Å². The zero-order chi connectivity index (χ0) is 14.8. The average Bonchev–Trinajstić information content (AvgIpc) is 3.07. The van der Waals surface area contributed by atoms with Crippen LogP contribution >= 0.6 is 27.3 Å². The van der Waals surface area contributed by atoms with Gasteiger partial charge in [-0.15, -0.1) is 11.3 Å². The lowest BCUT2D eigenvalue weighted by molar-refractivity contribution is 0.904. The molecule has 110 valence electrons. The van der Waals surface area contributed by atoms with Gasteiger partial charge in [-0.05, 0) is 28.9 Å². The van der Waals surface area contributed by atoms with Crippen molar-refractivity contribution in [1.29, 1.82) is 0 Å². The molecule has 0 aromatic carbocycles. The Bertz CT molecular complexity index is 751. The zero-order valence-electron chi connectivity index (χ0n) is 11.9. The summed E-state index contributed by atoms with van der Waals surface area (Å²) in [6.45, 7) is 3.71. The molecule has 0 saturated carbocycles. The molecule has 0 aliphatic carbocycles. The van der Waals surface area contributed by atoms with Crippen molar-refractivity contribution in [1.82, 2.24) is 14.4 Å². The van der Waals surface area contributed by atoms with Gasteiger partial charge in [0.05, 0.1) is 12.7 Å². The molecule has 3 aromatic heterocycles. The van der Waals surface area contributed by atoms with Crippen molar-refractivity contribution in [3.05, 3.63) is 39.4 Å². The van der Waals surface area contributed by atoms with Crippen LogP contribution < -0.4 is 10.2 Å². The fourth-order valence-corrected chi connectivity index (χ4v) is 3.69. The Morgan fingerprint density at radius 1 is 1.48 bits per heavy atom. The molecule has 0 radical (unpaired) electrons. The van der Waals surface area contributed by atoms with E-state index in [4.69, 9.17) is 4.98 Å². The minimum atomic E-state index is 0.807. The third kappa shape index (κ3) is 3.03. The van der Waals surface area contributed by atoms with Crippen LogP contribution in [0, 0.1) is 0 Å². The number of hydrogen-bond acceptors (Lipinski definition) is 5. The summed E-state index contributed by atoms with van der Waals surface area (Å²) < 4.78 is 3.12. The number of imidazole rings is 1. The molecular formula is C14H16BrN5S. The fraction of sp³-hybridized carbons (Fsp3) is 0.286. The van der Waals surface area contributed by atoms with Crippen LogP contribution in [0.5, 0.6) is 0 Å². The van der Waals surface area contributed by atoms with Crippen LogP contribution in [-0.4, -0.2) is 28.0 Å². The maximum atomic E-state index is 4.69. The quantitative estimate of drug-likeness (QED) is 0.749. The lowest BCUT2D eigenvalue weighted by atomic mass is 10.4. The van der Waals surface area contributed by atoms with Crippen molar-refractivity contribution >= 4 is 44.5 Å². The molecule has 3 rings (SSSR count). The molecule has 1 N–H and O–H groups in total. The Balaban J connectivity index is 1.95. The van der Waals surface area contributed by atoms with E-state index in [1.165, 1.54) is 4.88 Å². The highest BCUT2D eigenvalue weighted by Crippen LogP contribution is 2.25. The number of anilines is 2.